The van der Waals surface area contributed by atoms with Gasteiger partial charge in [0.1, 0.15) is 0 Å². The summed E-state index contributed by atoms with van der Waals surface area (Å²) in [6, 6.07) is 0. The van der Waals surface area contributed by atoms with Gasteiger partial charge in [-0.2, -0.15) is 0 Å². The van der Waals surface area contributed by atoms with Crippen molar-refractivity contribution in [2.24, 2.45) is 0 Å². The first kappa shape index (κ1) is 50.2. The quantitative estimate of drug-likeness (QED) is 0.169. The average molecular weight is 815 g/mol. The maximum Gasteiger partial charge on any atom is 4.00 e. The van der Waals surface area contributed by atoms with E-state index in [-0.39, 0.29) is 210 Å². The van der Waals surface area contributed by atoms with Gasteiger partial charge in [0.05, 0.1) is 0 Å². The van der Waals surface area contributed by atoms with E-state index in [1.807, 2.05) is 0 Å². The number of rotatable bonds is 0. The Morgan fingerprint density at radius 1 is 0.429 bits per heavy atom. The summed E-state index contributed by atoms with van der Waals surface area (Å²) < 4.78 is 0. The normalized spacial score (nSPS) is 0. The Hall–Kier alpha value is 6.42. The summed E-state index contributed by atoms with van der Waals surface area (Å²) in [6.07, 6.45) is 0. The van der Waals surface area contributed by atoms with Crippen LogP contribution in [0.4, 0.5) is 0 Å². The van der Waals surface area contributed by atoms with E-state index in [4.69, 9.17) is 0 Å². The van der Waals surface area contributed by atoms with Crippen LogP contribution in [0.3, 0.4) is 0 Å². The third kappa shape index (κ3) is 32.7. The van der Waals surface area contributed by atoms with Crippen molar-refractivity contribution >= 4 is 0 Å². The third-order valence-electron chi connectivity index (χ3n) is 0. The van der Waals surface area contributed by atoms with Crippen molar-refractivity contribution in [2.45, 2.75) is 0 Å². The second-order valence-electron chi connectivity index (χ2n) is 0. The molecule has 40 valence electrons. The van der Waals surface area contributed by atoms with Gasteiger partial charge in [-0.1, -0.05) is 0 Å². The van der Waals surface area contributed by atoms with Crippen LogP contribution in [0.1, 0.15) is 0 Å². The number of hydrogen-bond donors (Lipinski definition) is 0. The molecule has 0 atom stereocenters. The molecular formula is CsI5Ti. The number of halogens is 5. The van der Waals surface area contributed by atoms with Crippen LogP contribution in [0.2, 0.25) is 0 Å². The molecule has 0 saturated heterocycles. The molecule has 0 bridgehead atoms. The van der Waals surface area contributed by atoms with E-state index < -0.39 is 0 Å². The first-order valence-electron chi connectivity index (χ1n) is 0. The van der Waals surface area contributed by atoms with Gasteiger partial charge in [-0.15, -0.1) is 0 Å². The van der Waals surface area contributed by atoms with E-state index in [2.05, 4.69) is 0 Å². The van der Waals surface area contributed by atoms with Gasteiger partial charge >= 0.3 is 90.6 Å². The minimum atomic E-state index is 0. The Morgan fingerprint density at radius 3 is 0.429 bits per heavy atom. The molecule has 0 aromatic heterocycles. The molecule has 7 heteroatoms. The molecular weight excluding hydrogens is 815 g/mol. The molecule has 0 aliphatic carbocycles. The van der Waals surface area contributed by atoms with E-state index in [1.165, 1.54) is 0 Å². The van der Waals surface area contributed by atoms with Crippen molar-refractivity contribution in [2.75, 3.05) is 0 Å². The van der Waals surface area contributed by atoms with Gasteiger partial charge in [-0.05, 0) is 0 Å². The number of hydrogen-bond acceptors (Lipinski definition) is 0. The van der Waals surface area contributed by atoms with Crippen LogP contribution >= 0.6 is 0 Å². The van der Waals surface area contributed by atoms with E-state index in [9.17, 15) is 0 Å². The van der Waals surface area contributed by atoms with Crippen molar-refractivity contribution in [1.82, 2.24) is 0 Å². The summed E-state index contributed by atoms with van der Waals surface area (Å²) in [6.45, 7) is 0. The summed E-state index contributed by atoms with van der Waals surface area (Å²) >= 11 is 0. The SMILES string of the molecule is [Cs+].[I-].[I-].[I-].[I-].[I-].[Ti+4]. The van der Waals surface area contributed by atoms with E-state index in [0.29, 0.717) is 0 Å². The van der Waals surface area contributed by atoms with E-state index >= 15 is 0 Å². The van der Waals surface area contributed by atoms with Crippen molar-refractivity contribution < 1.29 is 210 Å². The standard InChI is InChI=1S/Cs.5HI.Ti/h;5*1H;/q+1;;;;;;+4/p-5. The van der Waals surface area contributed by atoms with E-state index in [0.717, 1.165) is 0 Å². The molecule has 0 unspecified atom stereocenters. The molecule has 0 nitrogen and oxygen atoms in total. The van der Waals surface area contributed by atoms with Crippen molar-refractivity contribution in [1.29, 1.82) is 0 Å². The van der Waals surface area contributed by atoms with Gasteiger partial charge in [0.25, 0.3) is 0 Å². The molecule has 0 heterocycles. The van der Waals surface area contributed by atoms with Crippen molar-refractivity contribution in [3.63, 3.8) is 0 Å². The topological polar surface area (TPSA) is 0 Å². The predicted molar refractivity (Wildman–Crippen MR) is 0 cm³/mol. The van der Waals surface area contributed by atoms with Crippen LogP contribution in [0.25, 0.3) is 0 Å². The molecule has 0 saturated carbocycles. The summed E-state index contributed by atoms with van der Waals surface area (Å²) in [4.78, 5) is 0. The molecule has 7 heavy (non-hydrogen) atoms. The van der Waals surface area contributed by atoms with Crippen LogP contribution in [-0.4, -0.2) is 0 Å². The van der Waals surface area contributed by atoms with Crippen LogP contribution < -0.4 is 189 Å². The minimum Gasteiger partial charge on any atom is -1.00 e. The van der Waals surface area contributed by atoms with E-state index in [1.54, 1.807) is 0 Å². The zero-order valence-corrected chi connectivity index (χ0v) is 22.0. The van der Waals surface area contributed by atoms with Crippen LogP contribution in [0.15, 0.2) is 0 Å². The van der Waals surface area contributed by atoms with Crippen LogP contribution in [0, 0.1) is 0 Å². The molecule has 0 N–H and O–H groups in total. The second-order valence-corrected chi connectivity index (χ2v) is 0. The summed E-state index contributed by atoms with van der Waals surface area (Å²) in [5, 5.41) is 0. The molecule has 0 rings (SSSR count). The molecule has 0 aromatic rings. The Labute approximate surface area is 203 Å². The van der Waals surface area contributed by atoms with Gasteiger partial charge in [-0.3, -0.25) is 0 Å². The summed E-state index contributed by atoms with van der Waals surface area (Å²) in [5.41, 5.74) is 0. The Morgan fingerprint density at radius 2 is 0.429 bits per heavy atom. The molecule has 0 fully saturated rings. The van der Waals surface area contributed by atoms with Crippen LogP contribution in [-0.2, 0) is 21.7 Å². The fourth-order valence-electron chi connectivity index (χ4n) is 0. The Kier molecular flexibility index (Phi) is 282. The fraction of sp³-hybridized carbons (Fsp3) is 0. The minimum absolute atomic E-state index is 0. The monoisotopic (exact) mass is 815 g/mol. The molecule has 0 radical (unpaired) electrons. The first-order valence-corrected chi connectivity index (χ1v) is 0. The largest absolute Gasteiger partial charge is 4.00 e. The molecule has 0 aliphatic heterocycles. The average Bonchev–Trinajstić information content (AvgIpc) is 0. The molecule has 0 amide bonds. The maximum atomic E-state index is 0. The maximum absolute atomic E-state index is 0. The fourth-order valence-corrected chi connectivity index (χ4v) is 0. The smallest absolute Gasteiger partial charge is 1.00 e. The van der Waals surface area contributed by atoms with Gasteiger partial charge in [0.2, 0.25) is 0 Å². The zero-order chi connectivity index (χ0) is 0. The van der Waals surface area contributed by atoms with Gasteiger partial charge in [-0.25, -0.2) is 0 Å². The second kappa shape index (κ2) is 39.3. The van der Waals surface area contributed by atoms with Crippen LogP contribution in [0.5, 0.6) is 0 Å². The molecule has 0 aliphatic rings. The Bertz CT molecular complexity index is 8.04. The Balaban J connectivity index is 0. The van der Waals surface area contributed by atoms with Gasteiger partial charge < -0.3 is 120 Å². The molecule has 0 spiro atoms. The first-order chi connectivity index (χ1) is 0. The summed E-state index contributed by atoms with van der Waals surface area (Å²) in [7, 11) is 0. The predicted octanol–water partition coefficient (Wildman–Crippen LogP) is -18.0. The van der Waals surface area contributed by atoms with Crippen molar-refractivity contribution in [3.8, 4) is 0 Å². The zero-order valence-electron chi connectivity index (χ0n) is 3.39. The summed E-state index contributed by atoms with van der Waals surface area (Å²) in [5.74, 6) is 0. The van der Waals surface area contributed by atoms with Gasteiger partial charge in [0, 0.05) is 0 Å². The third-order valence-corrected chi connectivity index (χ3v) is 0. The van der Waals surface area contributed by atoms with Crippen molar-refractivity contribution in [3.05, 3.63) is 0 Å². The van der Waals surface area contributed by atoms with Gasteiger partial charge in [0.15, 0.2) is 0 Å². The molecule has 0 aromatic carbocycles.